The first-order chi connectivity index (χ1) is 10.1. The molecule has 2 nitrogen and oxygen atoms in total. The summed E-state index contributed by atoms with van der Waals surface area (Å²) in [6.07, 6.45) is 0.503. The van der Waals surface area contributed by atoms with Crippen LogP contribution in [0.25, 0.3) is 0 Å². The predicted molar refractivity (Wildman–Crippen MR) is 89.5 cm³/mol. The van der Waals surface area contributed by atoms with Gasteiger partial charge in [-0.05, 0) is 55.8 Å². The topological polar surface area (TPSA) is 20.3 Å². The van der Waals surface area contributed by atoms with Crippen LogP contribution >= 0.6 is 11.6 Å². The average molecular weight is 302 g/mol. The van der Waals surface area contributed by atoms with Crippen LogP contribution in [0.4, 0.5) is 5.69 Å². The third-order valence-corrected chi connectivity index (χ3v) is 3.78. The summed E-state index contributed by atoms with van der Waals surface area (Å²) < 4.78 is 0. The van der Waals surface area contributed by atoms with E-state index in [2.05, 4.69) is 36.9 Å². The molecule has 0 amide bonds. The molecule has 0 atom stereocenters. The van der Waals surface area contributed by atoms with Crippen LogP contribution in [0, 0.1) is 6.92 Å². The number of hydrogen-bond acceptors (Lipinski definition) is 2. The highest BCUT2D eigenvalue weighted by atomic mass is 35.5. The van der Waals surface area contributed by atoms with E-state index < -0.39 is 0 Å². The van der Waals surface area contributed by atoms with Crippen molar-refractivity contribution in [1.29, 1.82) is 0 Å². The molecule has 2 rings (SSSR count). The zero-order chi connectivity index (χ0) is 15.2. The highest BCUT2D eigenvalue weighted by molar-refractivity contribution is 6.30. The maximum absolute atomic E-state index is 12.2. The van der Waals surface area contributed by atoms with Crippen molar-refractivity contribution in [2.45, 2.75) is 20.3 Å². The van der Waals surface area contributed by atoms with Gasteiger partial charge in [0.15, 0.2) is 5.78 Å². The van der Waals surface area contributed by atoms with Crippen LogP contribution in [0.1, 0.15) is 29.3 Å². The van der Waals surface area contributed by atoms with Gasteiger partial charge in [0.2, 0.25) is 0 Å². The lowest BCUT2D eigenvalue weighted by molar-refractivity contribution is 0.0984. The zero-order valence-electron chi connectivity index (χ0n) is 12.5. The van der Waals surface area contributed by atoms with Crippen LogP contribution in [0.5, 0.6) is 0 Å². The Kier molecular flexibility index (Phi) is 5.40. The van der Waals surface area contributed by atoms with E-state index in [1.165, 1.54) is 11.3 Å². The maximum atomic E-state index is 12.2. The highest BCUT2D eigenvalue weighted by Crippen LogP contribution is 2.17. The fraction of sp³-hybridized carbons (Fsp3) is 0.278. The lowest BCUT2D eigenvalue weighted by Gasteiger charge is -2.23. The van der Waals surface area contributed by atoms with E-state index in [0.29, 0.717) is 11.4 Å². The molecule has 3 heteroatoms. The molecule has 0 saturated heterocycles. The third-order valence-electron chi connectivity index (χ3n) is 3.52. The predicted octanol–water partition coefficient (Wildman–Crippen LogP) is 4.75. The molecule has 0 N–H and O–H groups in total. The zero-order valence-corrected chi connectivity index (χ0v) is 13.2. The minimum Gasteiger partial charge on any atom is -0.371 e. The molecule has 0 aliphatic carbocycles. The molecule has 0 unspecified atom stereocenters. The standard InChI is InChI=1S/C18H20ClNO/c1-3-20(17-6-4-5-14(2)13-17)12-11-18(21)15-7-9-16(19)10-8-15/h4-10,13H,3,11-12H2,1-2H3. The number of hydrogen-bond donors (Lipinski definition) is 0. The summed E-state index contributed by atoms with van der Waals surface area (Å²) in [6, 6.07) is 15.4. The second-order valence-corrected chi connectivity index (χ2v) is 5.54. The van der Waals surface area contributed by atoms with Gasteiger partial charge in [0.25, 0.3) is 0 Å². The van der Waals surface area contributed by atoms with Crippen molar-refractivity contribution < 1.29 is 4.79 Å². The largest absolute Gasteiger partial charge is 0.371 e. The molecule has 0 bridgehead atoms. The normalized spacial score (nSPS) is 10.4. The van der Waals surface area contributed by atoms with Crippen molar-refractivity contribution in [3.8, 4) is 0 Å². The fourth-order valence-electron chi connectivity index (χ4n) is 2.31. The molecule has 0 fully saturated rings. The van der Waals surface area contributed by atoms with Crippen molar-refractivity contribution in [3.63, 3.8) is 0 Å². The Morgan fingerprint density at radius 1 is 1.14 bits per heavy atom. The average Bonchev–Trinajstić information content (AvgIpc) is 2.48. The van der Waals surface area contributed by atoms with Crippen LogP contribution < -0.4 is 4.90 Å². The third kappa shape index (κ3) is 4.33. The summed E-state index contributed by atoms with van der Waals surface area (Å²) in [5.41, 5.74) is 3.12. The van der Waals surface area contributed by atoms with Gasteiger partial charge in [-0.3, -0.25) is 4.79 Å². The van der Waals surface area contributed by atoms with Crippen molar-refractivity contribution >= 4 is 23.1 Å². The molecule has 21 heavy (non-hydrogen) atoms. The van der Waals surface area contributed by atoms with Gasteiger partial charge in [0.1, 0.15) is 0 Å². The van der Waals surface area contributed by atoms with E-state index in [4.69, 9.17) is 11.6 Å². The molecule has 0 aromatic heterocycles. The minimum absolute atomic E-state index is 0.151. The Balaban J connectivity index is 2.00. The molecule has 110 valence electrons. The van der Waals surface area contributed by atoms with E-state index in [9.17, 15) is 4.79 Å². The summed E-state index contributed by atoms with van der Waals surface area (Å²) in [4.78, 5) is 14.4. The molecule has 0 radical (unpaired) electrons. The van der Waals surface area contributed by atoms with Crippen LogP contribution in [0.2, 0.25) is 5.02 Å². The maximum Gasteiger partial charge on any atom is 0.164 e. The number of rotatable bonds is 6. The SMILES string of the molecule is CCN(CCC(=O)c1ccc(Cl)cc1)c1cccc(C)c1. The lowest BCUT2D eigenvalue weighted by Crippen LogP contribution is -2.25. The molecule has 0 aliphatic rings. The summed E-state index contributed by atoms with van der Waals surface area (Å²) in [6.45, 7) is 5.80. The summed E-state index contributed by atoms with van der Waals surface area (Å²) in [7, 11) is 0. The van der Waals surface area contributed by atoms with Gasteiger partial charge in [-0.25, -0.2) is 0 Å². The Morgan fingerprint density at radius 2 is 1.86 bits per heavy atom. The number of aryl methyl sites for hydroxylation is 1. The van der Waals surface area contributed by atoms with Crippen LogP contribution in [0.3, 0.4) is 0 Å². The Labute approximate surface area is 131 Å². The van der Waals surface area contributed by atoms with Gasteiger partial charge in [0, 0.05) is 35.8 Å². The highest BCUT2D eigenvalue weighted by Gasteiger charge is 2.10. The van der Waals surface area contributed by atoms with E-state index in [0.717, 1.165) is 18.7 Å². The van der Waals surface area contributed by atoms with Gasteiger partial charge < -0.3 is 4.90 Å². The monoisotopic (exact) mass is 301 g/mol. The van der Waals surface area contributed by atoms with Crippen molar-refractivity contribution in [1.82, 2.24) is 0 Å². The molecular formula is C18H20ClNO. The van der Waals surface area contributed by atoms with Gasteiger partial charge >= 0.3 is 0 Å². The van der Waals surface area contributed by atoms with E-state index >= 15 is 0 Å². The molecule has 2 aromatic carbocycles. The summed E-state index contributed by atoms with van der Waals surface area (Å²) >= 11 is 5.84. The van der Waals surface area contributed by atoms with Crippen LogP contribution in [-0.4, -0.2) is 18.9 Å². The van der Waals surface area contributed by atoms with Gasteiger partial charge in [-0.15, -0.1) is 0 Å². The number of ketones is 1. The molecular weight excluding hydrogens is 282 g/mol. The van der Waals surface area contributed by atoms with Crippen molar-refractivity contribution in [2.75, 3.05) is 18.0 Å². The molecule has 0 heterocycles. The van der Waals surface area contributed by atoms with Crippen LogP contribution in [0.15, 0.2) is 48.5 Å². The summed E-state index contributed by atoms with van der Waals surface area (Å²) in [5.74, 6) is 0.151. The Hall–Kier alpha value is -1.80. The number of nitrogens with zero attached hydrogens (tertiary/aromatic N) is 1. The van der Waals surface area contributed by atoms with Crippen LogP contribution in [-0.2, 0) is 0 Å². The number of carbonyl (C=O) groups is 1. The number of anilines is 1. The van der Waals surface area contributed by atoms with Crippen molar-refractivity contribution in [3.05, 3.63) is 64.7 Å². The quantitative estimate of drug-likeness (QED) is 0.718. The number of benzene rings is 2. The van der Waals surface area contributed by atoms with E-state index in [1.807, 2.05) is 6.07 Å². The Bertz CT molecular complexity index is 607. The minimum atomic E-state index is 0.151. The lowest BCUT2D eigenvalue weighted by atomic mass is 10.1. The smallest absolute Gasteiger partial charge is 0.164 e. The van der Waals surface area contributed by atoms with Gasteiger partial charge in [-0.2, -0.15) is 0 Å². The first-order valence-electron chi connectivity index (χ1n) is 7.20. The van der Waals surface area contributed by atoms with E-state index in [-0.39, 0.29) is 5.78 Å². The van der Waals surface area contributed by atoms with E-state index in [1.54, 1.807) is 24.3 Å². The first kappa shape index (κ1) is 15.6. The molecule has 0 aliphatic heterocycles. The Morgan fingerprint density at radius 3 is 2.48 bits per heavy atom. The number of carbonyl (C=O) groups excluding carboxylic acids is 1. The van der Waals surface area contributed by atoms with Gasteiger partial charge in [0.05, 0.1) is 0 Å². The second kappa shape index (κ2) is 7.28. The first-order valence-corrected chi connectivity index (χ1v) is 7.58. The molecule has 0 saturated carbocycles. The molecule has 2 aromatic rings. The fourth-order valence-corrected chi connectivity index (χ4v) is 2.44. The number of Topliss-reactive ketones (excluding diaryl/α,β-unsaturated/α-hetero) is 1. The molecule has 0 spiro atoms. The summed E-state index contributed by atoms with van der Waals surface area (Å²) in [5, 5.41) is 0.654. The van der Waals surface area contributed by atoms with Crippen molar-refractivity contribution in [2.24, 2.45) is 0 Å². The van der Waals surface area contributed by atoms with Gasteiger partial charge in [-0.1, -0.05) is 23.7 Å². The second-order valence-electron chi connectivity index (χ2n) is 5.10. The number of halogens is 1.